The standard InChI is InChI=1S/C26H31N7O2.C23H25N7O3.C20H28N6O2/c1-27-26-28-11-10-22(31-26)19-15-23(25(35)29-16-19)30-24(34)18-6-8-20(9-7-18)33-14-4-5-21(33)17-32-12-2-3-13-32;1-15(31)29-9-11-30(12-10-29)18-5-3-16(4-6-18)21(32)27-20-13-17(14-26-22(20)33)19-7-8-25-23(24-2)28-19;1-20(2,3)26-9-6-13(7-10-26)17(27)24-16-11-14(12-23-18(16)28)15-5-8-22-19(21-4)25-15/h6-11,15-16,21H,2-5,12-14,17H2,1H3,(H,29,35)(H,30,34)(H,27,28,31);3-8,13-14H,9-12H2,1-2H3,(H,26,33)(H,27,32)(H,24,25,28);5,8,11-13H,6-7,9-10H2,1-4H3,(H,23,28)(H,24,27)(H,21,22,25)/t21-;;/m1../s1. The summed E-state index contributed by atoms with van der Waals surface area (Å²) in [7, 11) is 5.19. The number of piperidine rings is 1. The Hall–Kier alpha value is -10.7. The van der Waals surface area contributed by atoms with Crippen molar-refractivity contribution in [2.75, 3.05) is 128 Å². The molecule has 4 aliphatic heterocycles. The third-order valence-electron chi connectivity index (χ3n) is 17.5. The van der Waals surface area contributed by atoms with Crippen molar-refractivity contribution in [3.8, 4) is 33.8 Å². The average Bonchev–Trinajstić information content (AvgIpc) is 1.21. The largest absolute Gasteiger partial charge is 0.368 e. The van der Waals surface area contributed by atoms with Crippen LogP contribution in [0.4, 0.5) is 46.3 Å². The molecule has 0 aliphatic carbocycles. The summed E-state index contributed by atoms with van der Waals surface area (Å²) in [6.07, 6.45) is 16.2. The Morgan fingerprint density at radius 3 is 1.35 bits per heavy atom. The minimum Gasteiger partial charge on any atom is -0.368 e. The van der Waals surface area contributed by atoms with Gasteiger partial charge in [0.15, 0.2) is 0 Å². The first kappa shape index (κ1) is 68.2. The van der Waals surface area contributed by atoms with Crippen LogP contribution in [0.1, 0.15) is 86.9 Å². The van der Waals surface area contributed by atoms with Crippen molar-refractivity contribution in [1.82, 2.24) is 59.6 Å². The number of nitrogens with one attached hydrogen (secondary N) is 9. The summed E-state index contributed by atoms with van der Waals surface area (Å²) in [6, 6.07) is 25.5. The summed E-state index contributed by atoms with van der Waals surface area (Å²) in [5, 5.41) is 16.9. The molecule has 0 bridgehead atoms. The molecule has 1 atom stereocenters. The maximum absolute atomic E-state index is 12.9. The predicted molar refractivity (Wildman–Crippen MR) is 375 cm³/mol. The molecule has 12 rings (SSSR count). The molecule has 2 aromatic carbocycles. The molecular weight excluding hydrogens is 1220 g/mol. The van der Waals surface area contributed by atoms with Gasteiger partial charge in [-0.25, -0.2) is 29.9 Å². The molecule has 8 aromatic rings. The van der Waals surface area contributed by atoms with E-state index in [4.69, 9.17) is 0 Å². The predicted octanol–water partition coefficient (Wildman–Crippen LogP) is 7.31. The molecule has 0 radical (unpaired) electrons. The molecule has 502 valence electrons. The van der Waals surface area contributed by atoms with Gasteiger partial charge in [0.2, 0.25) is 29.7 Å². The van der Waals surface area contributed by atoms with Crippen LogP contribution in [0.3, 0.4) is 0 Å². The Labute approximate surface area is 556 Å². The molecule has 27 nitrogen and oxygen atoms in total. The van der Waals surface area contributed by atoms with E-state index in [9.17, 15) is 33.6 Å². The number of H-pyrrole nitrogens is 3. The van der Waals surface area contributed by atoms with Crippen LogP contribution in [0, 0.1) is 5.92 Å². The van der Waals surface area contributed by atoms with Crippen molar-refractivity contribution in [2.45, 2.75) is 77.8 Å². The van der Waals surface area contributed by atoms with Crippen LogP contribution in [-0.4, -0.2) is 181 Å². The minimum atomic E-state index is -0.407. The lowest BCUT2D eigenvalue weighted by molar-refractivity contribution is -0.129. The average molecular weight is 1310 g/mol. The number of amides is 4. The Kier molecular flexibility index (Phi) is 22.4. The van der Waals surface area contributed by atoms with Gasteiger partial charge in [-0.3, -0.25) is 38.5 Å². The van der Waals surface area contributed by atoms with E-state index in [0.29, 0.717) is 81.9 Å². The molecule has 0 spiro atoms. The van der Waals surface area contributed by atoms with Crippen LogP contribution in [0.25, 0.3) is 33.8 Å². The first-order chi connectivity index (χ1) is 46.3. The molecule has 6 aromatic heterocycles. The normalized spacial score (nSPS) is 15.9. The first-order valence-electron chi connectivity index (χ1n) is 32.4. The summed E-state index contributed by atoms with van der Waals surface area (Å²) in [5.41, 5.74) is 6.54. The number of hydrogen-bond donors (Lipinski definition) is 9. The maximum Gasteiger partial charge on any atom is 0.271 e. The molecule has 0 unspecified atom stereocenters. The van der Waals surface area contributed by atoms with E-state index in [1.54, 1.807) is 114 Å². The number of piperazine rings is 1. The second-order valence-electron chi connectivity index (χ2n) is 24.9. The summed E-state index contributed by atoms with van der Waals surface area (Å²) in [5.74, 6) is 0.596. The Balaban J connectivity index is 0.000000158. The zero-order chi connectivity index (χ0) is 67.9. The van der Waals surface area contributed by atoms with Crippen molar-refractivity contribution in [1.29, 1.82) is 0 Å². The number of nitrogens with zero attached hydrogens (tertiary/aromatic N) is 11. The van der Waals surface area contributed by atoms with E-state index in [-0.39, 0.29) is 63.3 Å². The Bertz CT molecular complexity index is 4190. The first-order valence-corrected chi connectivity index (χ1v) is 32.4. The highest BCUT2D eigenvalue weighted by Gasteiger charge is 2.31. The Morgan fingerprint density at radius 1 is 0.510 bits per heavy atom. The third kappa shape index (κ3) is 17.6. The van der Waals surface area contributed by atoms with Gasteiger partial charge < -0.3 is 66.5 Å². The van der Waals surface area contributed by atoms with Gasteiger partial charge in [-0.1, -0.05) is 0 Å². The van der Waals surface area contributed by atoms with Crippen molar-refractivity contribution in [3.05, 3.63) is 164 Å². The number of aromatic nitrogens is 9. The van der Waals surface area contributed by atoms with Crippen LogP contribution in [-0.2, 0) is 9.59 Å². The Morgan fingerprint density at radius 2 is 0.938 bits per heavy atom. The van der Waals surface area contributed by atoms with Gasteiger partial charge in [0.1, 0.15) is 17.1 Å². The van der Waals surface area contributed by atoms with Crippen LogP contribution < -0.4 is 58.4 Å². The smallest absolute Gasteiger partial charge is 0.271 e. The van der Waals surface area contributed by atoms with E-state index in [2.05, 4.69) is 117 Å². The fraction of sp³-hybridized carbons (Fsp3) is 0.377. The van der Waals surface area contributed by atoms with E-state index >= 15 is 0 Å². The molecule has 0 saturated carbocycles. The number of carbonyl (C=O) groups is 4. The van der Waals surface area contributed by atoms with Gasteiger partial charge in [0.25, 0.3) is 28.5 Å². The van der Waals surface area contributed by atoms with Gasteiger partial charge in [0, 0.05) is 161 Å². The molecule has 10 heterocycles. The van der Waals surface area contributed by atoms with E-state index in [1.165, 1.54) is 38.8 Å². The quantitative estimate of drug-likeness (QED) is 0.0458. The second kappa shape index (κ2) is 31.5. The van der Waals surface area contributed by atoms with Crippen LogP contribution in [0.5, 0.6) is 0 Å². The van der Waals surface area contributed by atoms with Gasteiger partial charge >= 0.3 is 0 Å². The lowest BCUT2D eigenvalue weighted by atomic mass is 9.92. The van der Waals surface area contributed by atoms with Crippen LogP contribution >= 0.6 is 0 Å². The molecule has 9 N–H and O–H groups in total. The third-order valence-corrected chi connectivity index (χ3v) is 17.5. The zero-order valence-corrected chi connectivity index (χ0v) is 55.3. The topological polar surface area (TPSA) is 333 Å². The molecule has 4 fully saturated rings. The SMILES string of the molecule is CNc1nccc(-c2c[nH]c(=O)c(NC(=O)C3CCN(C(C)(C)C)CC3)c2)n1.CNc1nccc(-c2c[nH]c(=O)c(NC(=O)c3ccc(N4CCC[C@@H]4CN4CCCC4)cc3)c2)n1.CNc1nccc(-c2c[nH]c(=O)c(NC(=O)c3ccc(N4CCN(C(C)=O)CC4)cc3)c2)n1. The zero-order valence-electron chi connectivity index (χ0n) is 55.3. The minimum absolute atomic E-state index is 0.0860. The van der Waals surface area contributed by atoms with Gasteiger partial charge in [0.05, 0.1) is 17.1 Å². The number of benzene rings is 2. The summed E-state index contributed by atoms with van der Waals surface area (Å²) in [6.45, 7) is 17.3. The van der Waals surface area contributed by atoms with E-state index < -0.39 is 5.56 Å². The monoisotopic (exact) mass is 1300 g/mol. The summed E-state index contributed by atoms with van der Waals surface area (Å²) >= 11 is 0. The lowest BCUT2D eigenvalue weighted by Gasteiger charge is -2.40. The molecule has 96 heavy (non-hydrogen) atoms. The number of likely N-dealkylation sites (tertiary alicyclic amines) is 2. The van der Waals surface area contributed by atoms with Crippen molar-refractivity contribution < 1.29 is 19.2 Å². The molecule has 4 aliphatic rings. The van der Waals surface area contributed by atoms with Crippen molar-refractivity contribution in [3.63, 3.8) is 0 Å². The van der Waals surface area contributed by atoms with E-state index in [0.717, 1.165) is 63.5 Å². The highest BCUT2D eigenvalue weighted by molar-refractivity contribution is 6.05. The molecule has 4 saturated heterocycles. The number of aromatic amines is 3. The molecule has 27 heteroatoms. The van der Waals surface area contributed by atoms with Crippen LogP contribution in [0.2, 0.25) is 0 Å². The fourth-order valence-electron chi connectivity index (χ4n) is 12.1. The number of hydrogen-bond acceptors (Lipinski definition) is 20. The summed E-state index contributed by atoms with van der Waals surface area (Å²) in [4.78, 5) is 132. The number of rotatable bonds is 16. The summed E-state index contributed by atoms with van der Waals surface area (Å²) < 4.78 is 0. The number of pyridine rings is 3. The van der Waals surface area contributed by atoms with Gasteiger partial charge in [-0.05, 0) is 170 Å². The number of anilines is 8. The van der Waals surface area contributed by atoms with Crippen molar-refractivity contribution >= 4 is 69.9 Å². The highest BCUT2D eigenvalue weighted by Crippen LogP contribution is 2.30. The van der Waals surface area contributed by atoms with Crippen molar-refractivity contribution in [2.24, 2.45) is 5.92 Å². The van der Waals surface area contributed by atoms with Gasteiger partial charge in [-0.2, -0.15) is 0 Å². The maximum atomic E-state index is 12.9. The molecular formula is C69H84N20O7. The molecule has 4 amide bonds. The fourth-order valence-corrected chi connectivity index (χ4v) is 12.1. The lowest BCUT2D eigenvalue weighted by Crippen LogP contribution is -2.48. The van der Waals surface area contributed by atoms with Gasteiger partial charge in [-0.15, -0.1) is 0 Å². The van der Waals surface area contributed by atoms with Crippen LogP contribution in [0.15, 0.2) is 136 Å². The van der Waals surface area contributed by atoms with E-state index in [1.807, 2.05) is 41.3 Å². The highest BCUT2D eigenvalue weighted by atomic mass is 16.2. The number of carbonyl (C=O) groups excluding carboxylic acids is 4. The second-order valence-corrected chi connectivity index (χ2v) is 24.9.